The summed E-state index contributed by atoms with van der Waals surface area (Å²) in [7, 11) is 1.38. The molecule has 1 aromatic rings. The van der Waals surface area contributed by atoms with Gasteiger partial charge in [0, 0.05) is 25.3 Å². The summed E-state index contributed by atoms with van der Waals surface area (Å²) >= 11 is 6.03. The first-order valence-corrected chi connectivity index (χ1v) is 7.56. The molecule has 0 aromatic carbocycles. The molecule has 0 saturated carbocycles. The van der Waals surface area contributed by atoms with Crippen LogP contribution in [0.15, 0.2) is 12.3 Å². The monoisotopic (exact) mass is 312 g/mol. The van der Waals surface area contributed by atoms with Crippen LogP contribution in [0.4, 0.5) is 0 Å². The molecule has 0 bridgehead atoms. The average Bonchev–Trinajstić information content (AvgIpc) is 2.88. The van der Waals surface area contributed by atoms with Gasteiger partial charge in [0.2, 0.25) is 0 Å². The van der Waals surface area contributed by atoms with Crippen LogP contribution in [0.25, 0.3) is 0 Å². The molecule has 1 aromatic heterocycles. The predicted molar refractivity (Wildman–Crippen MR) is 80.5 cm³/mol. The number of amides is 1. The van der Waals surface area contributed by atoms with E-state index in [1.165, 1.54) is 7.11 Å². The molecule has 0 spiro atoms. The van der Waals surface area contributed by atoms with Crippen LogP contribution in [0, 0.1) is 5.92 Å². The summed E-state index contributed by atoms with van der Waals surface area (Å²) in [5.74, 6) is -0.556. The minimum absolute atomic E-state index is 0.0794. The van der Waals surface area contributed by atoms with Crippen molar-refractivity contribution < 1.29 is 14.3 Å². The van der Waals surface area contributed by atoms with Crippen LogP contribution in [0.3, 0.4) is 0 Å². The van der Waals surface area contributed by atoms with Gasteiger partial charge in [-0.25, -0.2) is 0 Å². The van der Waals surface area contributed by atoms with E-state index in [1.54, 1.807) is 17.2 Å². The second-order valence-electron chi connectivity index (χ2n) is 5.66. The largest absolute Gasteiger partial charge is 0.469 e. The minimum Gasteiger partial charge on any atom is -0.469 e. The highest BCUT2D eigenvalue weighted by Crippen LogP contribution is 2.24. The van der Waals surface area contributed by atoms with Crippen LogP contribution in [-0.4, -0.2) is 41.5 Å². The summed E-state index contributed by atoms with van der Waals surface area (Å²) in [6.45, 7) is 5.07. The zero-order valence-corrected chi connectivity index (χ0v) is 13.4. The molecule has 1 atom stereocenters. The Kier molecular flexibility index (Phi) is 4.93. The molecule has 1 saturated heterocycles. The molecule has 0 N–H and O–H groups in total. The Morgan fingerprint density at radius 1 is 1.43 bits per heavy atom. The molecule has 0 aliphatic carbocycles. The van der Waals surface area contributed by atoms with Gasteiger partial charge in [-0.3, -0.25) is 9.59 Å². The van der Waals surface area contributed by atoms with E-state index in [9.17, 15) is 9.59 Å². The lowest BCUT2D eigenvalue weighted by atomic mass is 9.98. The first kappa shape index (κ1) is 15.9. The lowest BCUT2D eigenvalue weighted by Gasteiger charge is -2.31. The second kappa shape index (κ2) is 6.52. The third-order valence-corrected chi connectivity index (χ3v) is 4.04. The van der Waals surface area contributed by atoms with E-state index in [2.05, 4.69) is 0 Å². The highest BCUT2D eigenvalue weighted by Gasteiger charge is 2.30. The number of aromatic nitrogens is 1. The van der Waals surface area contributed by atoms with Crippen LogP contribution < -0.4 is 0 Å². The van der Waals surface area contributed by atoms with Gasteiger partial charge in [-0.2, -0.15) is 0 Å². The first-order chi connectivity index (χ1) is 9.93. The average molecular weight is 313 g/mol. The third kappa shape index (κ3) is 3.40. The number of likely N-dealkylation sites (tertiary alicyclic amines) is 1. The number of ether oxygens (including phenoxy) is 1. The van der Waals surface area contributed by atoms with Crippen LogP contribution in [-0.2, 0) is 9.53 Å². The maximum Gasteiger partial charge on any atom is 0.310 e. The summed E-state index contributed by atoms with van der Waals surface area (Å²) in [5, 5.41) is 0.550. The van der Waals surface area contributed by atoms with Crippen LogP contribution in [0.5, 0.6) is 0 Å². The van der Waals surface area contributed by atoms with Gasteiger partial charge in [0.05, 0.1) is 18.1 Å². The van der Waals surface area contributed by atoms with Gasteiger partial charge in [0.25, 0.3) is 5.91 Å². The molecule has 1 aliphatic heterocycles. The van der Waals surface area contributed by atoms with Crippen molar-refractivity contribution in [1.82, 2.24) is 9.47 Å². The smallest absolute Gasteiger partial charge is 0.310 e. The van der Waals surface area contributed by atoms with Crippen molar-refractivity contribution in [2.45, 2.75) is 32.7 Å². The van der Waals surface area contributed by atoms with Gasteiger partial charge < -0.3 is 14.2 Å². The number of piperidine rings is 1. The number of carbonyl (C=O) groups is 2. The summed E-state index contributed by atoms with van der Waals surface area (Å²) < 4.78 is 6.65. The molecule has 0 unspecified atom stereocenters. The summed E-state index contributed by atoms with van der Waals surface area (Å²) in [6, 6.07) is 1.84. The number of esters is 1. The second-order valence-corrected chi connectivity index (χ2v) is 6.09. The molecule has 1 aliphatic rings. The summed E-state index contributed by atoms with van der Waals surface area (Å²) in [6.07, 6.45) is 3.34. The SMILES string of the molecule is COC(=O)[C@H]1CCCN(C(=O)c2cc(Cl)cn2C(C)C)C1. The molecule has 1 fully saturated rings. The molecule has 0 radical (unpaired) electrons. The summed E-state index contributed by atoms with van der Waals surface area (Å²) in [5.41, 5.74) is 0.570. The zero-order valence-electron chi connectivity index (χ0n) is 12.6. The summed E-state index contributed by atoms with van der Waals surface area (Å²) in [4.78, 5) is 26.1. The van der Waals surface area contributed by atoms with Crippen LogP contribution >= 0.6 is 11.6 Å². The van der Waals surface area contributed by atoms with E-state index in [0.717, 1.165) is 12.8 Å². The number of halogens is 1. The van der Waals surface area contributed by atoms with E-state index >= 15 is 0 Å². The lowest BCUT2D eigenvalue weighted by molar-refractivity contribution is -0.146. The Morgan fingerprint density at radius 2 is 2.14 bits per heavy atom. The number of hydrogen-bond donors (Lipinski definition) is 0. The topological polar surface area (TPSA) is 51.5 Å². The maximum atomic E-state index is 12.7. The van der Waals surface area contributed by atoms with Gasteiger partial charge in [0.1, 0.15) is 5.69 Å². The maximum absolute atomic E-state index is 12.7. The number of nitrogens with zero attached hydrogens (tertiary/aromatic N) is 2. The van der Waals surface area contributed by atoms with E-state index in [-0.39, 0.29) is 23.8 Å². The molecule has 2 rings (SSSR count). The molecule has 1 amide bonds. The van der Waals surface area contributed by atoms with E-state index in [0.29, 0.717) is 23.8 Å². The fourth-order valence-corrected chi connectivity index (χ4v) is 2.94. The van der Waals surface area contributed by atoms with E-state index < -0.39 is 0 Å². The zero-order chi connectivity index (χ0) is 15.6. The fraction of sp³-hybridized carbons (Fsp3) is 0.600. The molecular formula is C15H21ClN2O3. The van der Waals surface area contributed by atoms with Crippen LogP contribution in [0.1, 0.15) is 43.2 Å². The Bertz CT molecular complexity index is 539. The van der Waals surface area contributed by atoms with Gasteiger partial charge in [-0.05, 0) is 32.8 Å². The van der Waals surface area contributed by atoms with Crippen molar-refractivity contribution in [1.29, 1.82) is 0 Å². The van der Waals surface area contributed by atoms with Crippen LogP contribution in [0.2, 0.25) is 5.02 Å². The van der Waals surface area contributed by atoms with Crippen molar-refractivity contribution >= 4 is 23.5 Å². The molecular weight excluding hydrogens is 292 g/mol. The van der Waals surface area contributed by atoms with Crippen molar-refractivity contribution in [3.8, 4) is 0 Å². The molecule has 5 nitrogen and oxygen atoms in total. The third-order valence-electron chi connectivity index (χ3n) is 3.83. The molecule has 2 heterocycles. The fourth-order valence-electron chi connectivity index (χ4n) is 2.73. The number of rotatable bonds is 3. The Labute approximate surface area is 129 Å². The number of carbonyl (C=O) groups excluding carboxylic acids is 2. The standard InChI is InChI=1S/C15H21ClN2O3/c1-10(2)18-9-12(16)7-13(18)14(19)17-6-4-5-11(8-17)15(20)21-3/h7,9-11H,4-6,8H2,1-3H3/t11-/m0/s1. The van der Waals surface area contributed by atoms with Crippen molar-refractivity contribution in [2.75, 3.05) is 20.2 Å². The van der Waals surface area contributed by atoms with Gasteiger partial charge in [-0.1, -0.05) is 11.6 Å². The Morgan fingerprint density at radius 3 is 2.76 bits per heavy atom. The van der Waals surface area contributed by atoms with E-state index in [1.807, 2.05) is 18.4 Å². The quantitative estimate of drug-likeness (QED) is 0.806. The normalized spacial score (nSPS) is 18.9. The Balaban J connectivity index is 2.18. The number of methoxy groups -OCH3 is 1. The highest BCUT2D eigenvalue weighted by atomic mass is 35.5. The van der Waals surface area contributed by atoms with Gasteiger partial charge >= 0.3 is 5.97 Å². The lowest BCUT2D eigenvalue weighted by Crippen LogP contribution is -2.43. The first-order valence-electron chi connectivity index (χ1n) is 7.18. The van der Waals surface area contributed by atoms with Gasteiger partial charge in [-0.15, -0.1) is 0 Å². The highest BCUT2D eigenvalue weighted by molar-refractivity contribution is 6.31. The predicted octanol–water partition coefficient (Wildman–Crippen LogP) is 2.75. The molecule has 116 valence electrons. The molecule has 6 heteroatoms. The van der Waals surface area contributed by atoms with Crippen molar-refractivity contribution in [3.05, 3.63) is 23.0 Å². The molecule has 21 heavy (non-hydrogen) atoms. The Hall–Kier alpha value is -1.49. The minimum atomic E-state index is -0.246. The van der Waals surface area contributed by atoms with Gasteiger partial charge in [0.15, 0.2) is 0 Å². The van der Waals surface area contributed by atoms with Crippen molar-refractivity contribution in [3.63, 3.8) is 0 Å². The van der Waals surface area contributed by atoms with Crippen molar-refractivity contribution in [2.24, 2.45) is 5.92 Å². The number of hydrogen-bond acceptors (Lipinski definition) is 3. The van der Waals surface area contributed by atoms with E-state index in [4.69, 9.17) is 16.3 Å².